The maximum atomic E-state index is 11.4. The first-order valence-electron chi connectivity index (χ1n) is 4.29. The highest BCUT2D eigenvalue weighted by molar-refractivity contribution is 5.94. The zero-order valence-corrected chi connectivity index (χ0v) is 8.68. The molecule has 82 valence electrons. The average molecular weight is 220 g/mol. The van der Waals surface area contributed by atoms with Crippen molar-refractivity contribution in [3.63, 3.8) is 0 Å². The van der Waals surface area contributed by atoms with E-state index in [0.717, 1.165) is 7.11 Å². The van der Waals surface area contributed by atoms with Gasteiger partial charge in [-0.05, 0) is 13.0 Å². The number of rotatable bonds is 2. The molecule has 6 heteroatoms. The molecule has 0 bridgehead atoms. The Hall–Kier alpha value is -2.42. The van der Waals surface area contributed by atoms with Crippen LogP contribution in [0.3, 0.4) is 0 Å². The molecule has 6 nitrogen and oxygen atoms in total. The molecule has 0 atom stereocenters. The summed E-state index contributed by atoms with van der Waals surface area (Å²) in [6.45, 7) is 1.41. The number of carbonyl (C=O) groups is 1. The molecular formula is C10H8N2O4. The molecule has 0 heterocycles. The minimum atomic E-state index is -0.752. The van der Waals surface area contributed by atoms with Crippen molar-refractivity contribution in [2.24, 2.45) is 0 Å². The lowest BCUT2D eigenvalue weighted by Crippen LogP contribution is -2.08. The number of esters is 1. The fourth-order valence-corrected chi connectivity index (χ4v) is 1.36. The van der Waals surface area contributed by atoms with Crippen LogP contribution < -0.4 is 0 Å². The molecule has 0 amide bonds. The van der Waals surface area contributed by atoms with Crippen molar-refractivity contribution in [3.05, 3.63) is 38.9 Å². The quantitative estimate of drug-likeness (QED) is 0.428. The number of nitriles is 1. The van der Waals surface area contributed by atoms with Gasteiger partial charge in [-0.3, -0.25) is 10.1 Å². The van der Waals surface area contributed by atoms with Crippen LogP contribution in [0, 0.1) is 28.4 Å². The molecule has 16 heavy (non-hydrogen) atoms. The number of nitrogens with zero attached hydrogens (tertiary/aromatic N) is 2. The van der Waals surface area contributed by atoms with Crippen molar-refractivity contribution in [1.29, 1.82) is 5.26 Å². The van der Waals surface area contributed by atoms with Crippen molar-refractivity contribution in [2.75, 3.05) is 7.11 Å². The molecule has 0 N–H and O–H groups in total. The van der Waals surface area contributed by atoms with E-state index < -0.39 is 10.9 Å². The Labute approximate surface area is 91.2 Å². The van der Waals surface area contributed by atoms with E-state index in [9.17, 15) is 14.9 Å². The Morgan fingerprint density at radius 2 is 2.19 bits per heavy atom. The van der Waals surface area contributed by atoms with Crippen LogP contribution in [-0.4, -0.2) is 18.0 Å². The Bertz CT molecular complexity index is 502. The largest absolute Gasteiger partial charge is 0.465 e. The van der Waals surface area contributed by atoms with Crippen LogP contribution in [0.15, 0.2) is 12.1 Å². The fraction of sp³-hybridized carbons (Fsp3) is 0.200. The highest BCUT2D eigenvalue weighted by atomic mass is 16.6. The minimum absolute atomic E-state index is 0.0563. The fourth-order valence-electron chi connectivity index (χ4n) is 1.36. The van der Waals surface area contributed by atoms with Crippen LogP contribution in [0.5, 0.6) is 0 Å². The number of hydrogen-bond donors (Lipinski definition) is 0. The van der Waals surface area contributed by atoms with Crippen LogP contribution in [0.2, 0.25) is 0 Å². The zero-order valence-electron chi connectivity index (χ0n) is 8.68. The third-order valence-corrected chi connectivity index (χ3v) is 2.14. The van der Waals surface area contributed by atoms with E-state index >= 15 is 0 Å². The number of carbonyl (C=O) groups excluding carboxylic acids is 1. The van der Waals surface area contributed by atoms with E-state index in [2.05, 4.69) is 4.74 Å². The third kappa shape index (κ3) is 1.83. The molecule has 0 aliphatic carbocycles. The lowest BCUT2D eigenvalue weighted by atomic mass is 10.0. The maximum absolute atomic E-state index is 11.4. The summed E-state index contributed by atoms with van der Waals surface area (Å²) < 4.78 is 4.48. The van der Waals surface area contributed by atoms with Gasteiger partial charge in [-0.1, -0.05) is 0 Å². The van der Waals surface area contributed by atoms with Crippen molar-refractivity contribution in [2.45, 2.75) is 6.92 Å². The van der Waals surface area contributed by atoms with Crippen LogP contribution in [0.4, 0.5) is 5.69 Å². The topological polar surface area (TPSA) is 93.2 Å². The van der Waals surface area contributed by atoms with Gasteiger partial charge in [0.2, 0.25) is 0 Å². The zero-order chi connectivity index (χ0) is 12.3. The highest BCUT2D eigenvalue weighted by Gasteiger charge is 2.22. The summed E-state index contributed by atoms with van der Waals surface area (Å²) in [4.78, 5) is 21.4. The molecule has 0 radical (unpaired) electrons. The van der Waals surface area contributed by atoms with Gasteiger partial charge in [-0.25, -0.2) is 4.79 Å². The summed E-state index contributed by atoms with van der Waals surface area (Å²) >= 11 is 0. The second-order valence-corrected chi connectivity index (χ2v) is 2.99. The van der Waals surface area contributed by atoms with Crippen LogP contribution in [0.1, 0.15) is 21.5 Å². The number of methoxy groups -OCH3 is 1. The van der Waals surface area contributed by atoms with E-state index in [4.69, 9.17) is 5.26 Å². The number of benzene rings is 1. The second kappa shape index (κ2) is 4.40. The summed E-state index contributed by atoms with van der Waals surface area (Å²) in [5.74, 6) is -0.752. The first-order chi connectivity index (χ1) is 7.52. The molecule has 0 aliphatic heterocycles. The predicted molar refractivity (Wildman–Crippen MR) is 53.9 cm³/mol. The molecule has 1 rings (SSSR count). The van der Waals surface area contributed by atoms with Crippen LogP contribution >= 0.6 is 0 Å². The Morgan fingerprint density at radius 1 is 1.56 bits per heavy atom. The summed E-state index contributed by atoms with van der Waals surface area (Å²) in [5, 5.41) is 19.4. The van der Waals surface area contributed by atoms with Crippen molar-refractivity contribution < 1.29 is 14.5 Å². The second-order valence-electron chi connectivity index (χ2n) is 2.99. The minimum Gasteiger partial charge on any atom is -0.465 e. The summed E-state index contributed by atoms with van der Waals surface area (Å²) in [6.07, 6.45) is 0. The predicted octanol–water partition coefficient (Wildman–Crippen LogP) is 1.56. The van der Waals surface area contributed by atoms with E-state index in [-0.39, 0.29) is 22.4 Å². The molecular weight excluding hydrogens is 212 g/mol. The molecule has 1 aromatic rings. The maximum Gasteiger partial charge on any atom is 0.339 e. The molecule has 1 aromatic carbocycles. The lowest BCUT2D eigenvalue weighted by molar-refractivity contribution is -0.385. The molecule has 0 unspecified atom stereocenters. The first kappa shape index (κ1) is 11.7. The monoisotopic (exact) mass is 220 g/mol. The molecule has 0 fully saturated rings. The van der Waals surface area contributed by atoms with Gasteiger partial charge in [0, 0.05) is 11.6 Å². The van der Waals surface area contributed by atoms with Crippen molar-refractivity contribution in [3.8, 4) is 6.07 Å². The van der Waals surface area contributed by atoms with Gasteiger partial charge >= 0.3 is 5.97 Å². The van der Waals surface area contributed by atoms with Gasteiger partial charge in [-0.15, -0.1) is 0 Å². The molecule has 0 spiro atoms. The number of nitro benzene ring substituents is 1. The van der Waals surface area contributed by atoms with Crippen molar-refractivity contribution >= 4 is 11.7 Å². The van der Waals surface area contributed by atoms with Gasteiger partial charge in [-0.2, -0.15) is 5.26 Å². The van der Waals surface area contributed by atoms with E-state index in [1.807, 2.05) is 0 Å². The molecule has 0 aliphatic rings. The normalized spacial score (nSPS) is 9.31. The number of hydrogen-bond acceptors (Lipinski definition) is 5. The van der Waals surface area contributed by atoms with Gasteiger partial charge in [0.05, 0.1) is 23.2 Å². The Kier molecular flexibility index (Phi) is 3.20. The van der Waals surface area contributed by atoms with E-state index in [0.29, 0.717) is 0 Å². The number of ether oxygens (including phenoxy) is 1. The SMILES string of the molecule is COC(=O)c1c(C#N)ccc([N+](=O)[O-])c1C. The molecule has 0 saturated heterocycles. The molecule has 0 aromatic heterocycles. The van der Waals surface area contributed by atoms with Gasteiger partial charge in [0.1, 0.15) is 6.07 Å². The third-order valence-electron chi connectivity index (χ3n) is 2.14. The number of nitro groups is 1. The summed E-state index contributed by atoms with van der Waals surface area (Å²) in [5.41, 5.74) is -0.0653. The van der Waals surface area contributed by atoms with Gasteiger partial charge < -0.3 is 4.74 Å². The van der Waals surface area contributed by atoms with Gasteiger partial charge in [0.15, 0.2) is 0 Å². The molecule has 0 saturated carbocycles. The van der Waals surface area contributed by atoms with Gasteiger partial charge in [0.25, 0.3) is 5.69 Å². The highest BCUT2D eigenvalue weighted by Crippen LogP contribution is 2.24. The van der Waals surface area contributed by atoms with Crippen LogP contribution in [-0.2, 0) is 4.74 Å². The van der Waals surface area contributed by atoms with Crippen molar-refractivity contribution in [1.82, 2.24) is 0 Å². The van der Waals surface area contributed by atoms with E-state index in [1.54, 1.807) is 6.07 Å². The van der Waals surface area contributed by atoms with Crippen LogP contribution in [0.25, 0.3) is 0 Å². The summed E-state index contributed by atoms with van der Waals surface area (Å²) in [6, 6.07) is 4.22. The standard InChI is InChI=1S/C10H8N2O4/c1-6-8(12(14)15)4-3-7(5-11)9(6)10(13)16-2/h3-4H,1-2H3. The first-order valence-corrected chi connectivity index (χ1v) is 4.29. The average Bonchev–Trinajstić information content (AvgIpc) is 2.26. The summed E-state index contributed by atoms with van der Waals surface area (Å²) in [7, 11) is 1.15. The Balaban J connectivity index is 3.54. The Morgan fingerprint density at radius 3 is 2.62 bits per heavy atom. The van der Waals surface area contributed by atoms with E-state index in [1.165, 1.54) is 19.1 Å². The lowest BCUT2D eigenvalue weighted by Gasteiger charge is -2.05. The smallest absolute Gasteiger partial charge is 0.339 e.